The van der Waals surface area contributed by atoms with Crippen molar-refractivity contribution in [3.05, 3.63) is 0 Å². The van der Waals surface area contributed by atoms with Crippen LogP contribution >= 0.6 is 0 Å². The van der Waals surface area contributed by atoms with Crippen molar-refractivity contribution >= 4 is 0 Å². The van der Waals surface area contributed by atoms with Crippen LogP contribution in [0, 0.1) is 11.8 Å². The van der Waals surface area contributed by atoms with Crippen LogP contribution in [-0.2, 0) is 9.57 Å². The second-order valence-corrected chi connectivity index (χ2v) is 1.31. The van der Waals surface area contributed by atoms with Crippen LogP contribution in [-0.4, -0.2) is 27.4 Å². The van der Waals surface area contributed by atoms with Gasteiger partial charge in [0.15, 0.2) is 0 Å². The maximum Gasteiger partial charge on any atom is 0.107 e. The maximum atomic E-state index is 4.68. The van der Waals surface area contributed by atoms with E-state index in [1.165, 1.54) is 0 Å². The summed E-state index contributed by atoms with van der Waals surface area (Å²) in [5.41, 5.74) is 2.58. The van der Waals surface area contributed by atoms with Crippen molar-refractivity contribution in [2.24, 2.45) is 0 Å². The van der Waals surface area contributed by atoms with Crippen molar-refractivity contribution in [3.63, 3.8) is 0 Å². The van der Waals surface area contributed by atoms with Gasteiger partial charge in [-0.2, -0.15) is 5.48 Å². The van der Waals surface area contributed by atoms with E-state index in [4.69, 9.17) is 0 Å². The molecule has 0 unspecified atom stereocenters. The fourth-order valence-electron chi connectivity index (χ4n) is 0.294. The molecule has 52 valence electrons. The number of rotatable bonds is 3. The first-order valence-electron chi connectivity index (χ1n) is 2.62. The molecule has 0 rings (SSSR count). The summed E-state index contributed by atoms with van der Waals surface area (Å²) in [6, 6.07) is 0. The quantitative estimate of drug-likeness (QED) is 0.325. The Morgan fingerprint density at radius 1 is 1.33 bits per heavy atom. The standard InChI is InChI=1S/C6H11NO2/c1-8-6-4-3-5-7-9-2/h7H,5-6H2,1-2H3. The Hall–Kier alpha value is -0.560. The van der Waals surface area contributed by atoms with E-state index in [9.17, 15) is 0 Å². The van der Waals surface area contributed by atoms with Crippen LogP contribution in [0.1, 0.15) is 0 Å². The SMILES string of the molecule is COCC#CCNOC. The van der Waals surface area contributed by atoms with Gasteiger partial charge in [0.1, 0.15) is 6.61 Å². The van der Waals surface area contributed by atoms with Gasteiger partial charge in [-0.3, -0.25) is 0 Å². The normalized spacial score (nSPS) is 8.22. The van der Waals surface area contributed by atoms with E-state index in [1.807, 2.05) is 0 Å². The average molecular weight is 129 g/mol. The minimum Gasteiger partial charge on any atom is -0.372 e. The van der Waals surface area contributed by atoms with Crippen LogP contribution in [0.25, 0.3) is 0 Å². The molecule has 0 fully saturated rings. The Balaban J connectivity index is 2.96. The van der Waals surface area contributed by atoms with Crippen LogP contribution in [0.4, 0.5) is 0 Å². The lowest BCUT2D eigenvalue weighted by Crippen LogP contribution is -2.10. The molecule has 0 aliphatic carbocycles. The molecule has 0 amide bonds. The molecule has 0 heterocycles. The number of ether oxygens (including phenoxy) is 1. The van der Waals surface area contributed by atoms with Crippen LogP contribution in [0.15, 0.2) is 0 Å². The van der Waals surface area contributed by atoms with Gasteiger partial charge in [0, 0.05) is 7.11 Å². The summed E-state index contributed by atoms with van der Waals surface area (Å²) >= 11 is 0. The van der Waals surface area contributed by atoms with E-state index in [2.05, 4.69) is 26.9 Å². The number of hydrogen-bond donors (Lipinski definition) is 1. The Labute approximate surface area is 55.3 Å². The smallest absolute Gasteiger partial charge is 0.107 e. The molecule has 0 aliphatic rings. The van der Waals surface area contributed by atoms with Crippen molar-refractivity contribution in [2.45, 2.75) is 0 Å². The highest BCUT2D eigenvalue weighted by atomic mass is 16.6. The third-order valence-corrected chi connectivity index (χ3v) is 0.646. The lowest BCUT2D eigenvalue weighted by atomic mass is 10.6. The number of hydrogen-bond acceptors (Lipinski definition) is 3. The third kappa shape index (κ3) is 7.44. The predicted octanol–water partition coefficient (Wildman–Crippen LogP) is -0.213. The summed E-state index contributed by atoms with van der Waals surface area (Å²) < 4.78 is 4.68. The molecule has 0 aliphatic heterocycles. The number of nitrogens with one attached hydrogen (secondary N) is 1. The van der Waals surface area contributed by atoms with E-state index < -0.39 is 0 Å². The van der Waals surface area contributed by atoms with Gasteiger partial charge in [0.05, 0.1) is 13.7 Å². The minimum atomic E-state index is 0.478. The maximum absolute atomic E-state index is 4.68. The lowest BCUT2D eigenvalue weighted by molar-refractivity contribution is 0.102. The van der Waals surface area contributed by atoms with E-state index >= 15 is 0 Å². The predicted molar refractivity (Wildman–Crippen MR) is 34.7 cm³/mol. The van der Waals surface area contributed by atoms with Gasteiger partial charge in [-0.15, -0.1) is 0 Å². The molecule has 0 saturated carbocycles. The molecule has 0 radical (unpaired) electrons. The minimum absolute atomic E-state index is 0.478. The van der Waals surface area contributed by atoms with Crippen molar-refractivity contribution < 1.29 is 9.57 Å². The Morgan fingerprint density at radius 3 is 2.67 bits per heavy atom. The van der Waals surface area contributed by atoms with Crippen molar-refractivity contribution in [1.29, 1.82) is 0 Å². The molecule has 0 saturated heterocycles. The molecule has 3 heteroatoms. The first-order chi connectivity index (χ1) is 4.41. The van der Waals surface area contributed by atoms with Gasteiger partial charge >= 0.3 is 0 Å². The molecule has 3 nitrogen and oxygen atoms in total. The second kappa shape index (κ2) is 7.44. The average Bonchev–Trinajstić information content (AvgIpc) is 1.89. The van der Waals surface area contributed by atoms with Gasteiger partial charge in [0.2, 0.25) is 0 Å². The molecule has 0 atom stereocenters. The molecule has 1 N–H and O–H groups in total. The molecular weight excluding hydrogens is 118 g/mol. The van der Waals surface area contributed by atoms with Crippen LogP contribution in [0.5, 0.6) is 0 Å². The van der Waals surface area contributed by atoms with E-state index in [0.717, 1.165) is 0 Å². The molecule has 0 aromatic heterocycles. The highest BCUT2D eigenvalue weighted by Crippen LogP contribution is 1.60. The van der Waals surface area contributed by atoms with Gasteiger partial charge < -0.3 is 9.57 Å². The Morgan fingerprint density at radius 2 is 2.11 bits per heavy atom. The molecular formula is C6H11NO2. The molecule has 0 bridgehead atoms. The van der Waals surface area contributed by atoms with Gasteiger partial charge in [0.25, 0.3) is 0 Å². The highest BCUT2D eigenvalue weighted by Gasteiger charge is 1.71. The van der Waals surface area contributed by atoms with E-state index in [1.54, 1.807) is 14.2 Å². The second-order valence-electron chi connectivity index (χ2n) is 1.31. The summed E-state index contributed by atoms with van der Waals surface area (Å²) in [6.07, 6.45) is 0. The zero-order chi connectivity index (χ0) is 6.95. The van der Waals surface area contributed by atoms with Gasteiger partial charge in [-0.25, -0.2) is 0 Å². The van der Waals surface area contributed by atoms with Crippen LogP contribution in [0.2, 0.25) is 0 Å². The number of methoxy groups -OCH3 is 1. The Kier molecular flexibility index (Phi) is 6.98. The molecule has 0 aromatic carbocycles. The molecule has 0 spiro atoms. The fraction of sp³-hybridized carbons (Fsp3) is 0.667. The summed E-state index contributed by atoms with van der Waals surface area (Å²) in [4.78, 5) is 4.53. The molecule has 0 aromatic rings. The zero-order valence-electron chi connectivity index (χ0n) is 5.73. The van der Waals surface area contributed by atoms with E-state index in [-0.39, 0.29) is 0 Å². The topological polar surface area (TPSA) is 30.5 Å². The van der Waals surface area contributed by atoms with Gasteiger partial charge in [-0.05, 0) is 0 Å². The Bertz CT molecular complexity index is 103. The summed E-state index contributed by atoms with van der Waals surface area (Å²) in [7, 11) is 3.16. The van der Waals surface area contributed by atoms with Crippen molar-refractivity contribution in [2.75, 3.05) is 27.4 Å². The van der Waals surface area contributed by atoms with Crippen LogP contribution in [0.3, 0.4) is 0 Å². The summed E-state index contributed by atoms with van der Waals surface area (Å²) in [5.74, 6) is 5.53. The van der Waals surface area contributed by atoms with E-state index in [0.29, 0.717) is 13.2 Å². The molecule has 9 heavy (non-hydrogen) atoms. The third-order valence-electron chi connectivity index (χ3n) is 0.646. The zero-order valence-corrected chi connectivity index (χ0v) is 5.73. The van der Waals surface area contributed by atoms with Gasteiger partial charge in [-0.1, -0.05) is 11.8 Å². The van der Waals surface area contributed by atoms with Crippen molar-refractivity contribution in [3.8, 4) is 11.8 Å². The summed E-state index contributed by atoms with van der Waals surface area (Å²) in [6.45, 7) is 1.02. The lowest BCUT2D eigenvalue weighted by Gasteiger charge is -1.90. The number of hydroxylamine groups is 1. The monoisotopic (exact) mass is 129 g/mol. The largest absolute Gasteiger partial charge is 0.372 e. The van der Waals surface area contributed by atoms with Crippen LogP contribution < -0.4 is 5.48 Å². The summed E-state index contributed by atoms with van der Waals surface area (Å²) in [5, 5.41) is 0. The highest BCUT2D eigenvalue weighted by molar-refractivity contribution is 4.99. The van der Waals surface area contributed by atoms with Crippen molar-refractivity contribution in [1.82, 2.24) is 5.48 Å². The fourth-order valence-corrected chi connectivity index (χ4v) is 0.294. The first kappa shape index (κ1) is 8.44. The first-order valence-corrected chi connectivity index (χ1v) is 2.62.